The summed E-state index contributed by atoms with van der Waals surface area (Å²) in [6.45, 7) is 3.47. The third-order valence-electron chi connectivity index (χ3n) is 3.23. The molecule has 1 heterocycles. The molecule has 1 amide bonds. The largest absolute Gasteiger partial charge is 0.508 e. The van der Waals surface area contributed by atoms with Gasteiger partial charge in [0.2, 0.25) is 0 Å². The minimum atomic E-state index is -0.549. The molecule has 0 aliphatic rings. The highest BCUT2D eigenvalue weighted by Crippen LogP contribution is 2.25. The standard InChI is InChI=1S/C14H15N3O4/c1-8-5-13(18)9(2)4-11(8)15-14(19)12-6-10(17(20)21)7-16(12)3/h4-7,18H,1-3H3,(H,15,19). The topological polar surface area (TPSA) is 97.4 Å². The summed E-state index contributed by atoms with van der Waals surface area (Å²) in [6.07, 6.45) is 1.28. The van der Waals surface area contributed by atoms with Crippen LogP contribution in [-0.4, -0.2) is 20.5 Å². The van der Waals surface area contributed by atoms with Crippen LogP contribution in [0.1, 0.15) is 21.6 Å². The molecule has 0 fully saturated rings. The van der Waals surface area contributed by atoms with Gasteiger partial charge in [0, 0.05) is 18.8 Å². The van der Waals surface area contributed by atoms with Crippen molar-refractivity contribution < 1.29 is 14.8 Å². The molecule has 2 aromatic rings. The van der Waals surface area contributed by atoms with Gasteiger partial charge in [0.15, 0.2) is 0 Å². The quantitative estimate of drug-likeness (QED) is 0.515. The first kappa shape index (κ1) is 14.6. The van der Waals surface area contributed by atoms with E-state index < -0.39 is 10.8 Å². The minimum absolute atomic E-state index is 0.138. The van der Waals surface area contributed by atoms with Crippen LogP contribution in [0.15, 0.2) is 24.4 Å². The third kappa shape index (κ3) is 2.86. The summed E-state index contributed by atoms with van der Waals surface area (Å²) in [6, 6.07) is 4.43. The van der Waals surface area contributed by atoms with Gasteiger partial charge in [0.1, 0.15) is 11.4 Å². The summed E-state index contributed by atoms with van der Waals surface area (Å²) >= 11 is 0. The number of amides is 1. The zero-order valence-corrected chi connectivity index (χ0v) is 11.9. The number of nitro groups is 1. The van der Waals surface area contributed by atoms with Crippen molar-refractivity contribution in [2.75, 3.05) is 5.32 Å². The number of aryl methyl sites for hydroxylation is 3. The maximum Gasteiger partial charge on any atom is 0.287 e. The SMILES string of the molecule is Cc1cc(NC(=O)c2cc([N+](=O)[O-])cn2C)c(C)cc1O. The van der Waals surface area contributed by atoms with E-state index in [1.54, 1.807) is 33.0 Å². The lowest BCUT2D eigenvalue weighted by molar-refractivity contribution is -0.384. The summed E-state index contributed by atoms with van der Waals surface area (Å²) in [4.78, 5) is 22.4. The van der Waals surface area contributed by atoms with Crippen molar-refractivity contribution >= 4 is 17.3 Å². The molecule has 0 bridgehead atoms. The van der Waals surface area contributed by atoms with Gasteiger partial charge in [0.05, 0.1) is 11.1 Å². The second-order valence-corrected chi connectivity index (χ2v) is 4.86. The molecule has 0 atom stereocenters. The molecule has 0 unspecified atom stereocenters. The van der Waals surface area contributed by atoms with Gasteiger partial charge >= 0.3 is 0 Å². The maximum atomic E-state index is 12.2. The van der Waals surface area contributed by atoms with Crippen molar-refractivity contribution in [1.29, 1.82) is 0 Å². The molecule has 7 nitrogen and oxygen atoms in total. The molecular weight excluding hydrogens is 274 g/mol. The smallest absolute Gasteiger partial charge is 0.287 e. The molecule has 2 rings (SSSR count). The van der Waals surface area contributed by atoms with E-state index in [9.17, 15) is 20.0 Å². The predicted octanol–water partition coefficient (Wildman–Crippen LogP) is 2.51. The van der Waals surface area contributed by atoms with Crippen molar-refractivity contribution in [1.82, 2.24) is 4.57 Å². The average molecular weight is 289 g/mol. The van der Waals surface area contributed by atoms with E-state index in [1.165, 1.54) is 16.8 Å². The average Bonchev–Trinajstić information content (AvgIpc) is 2.78. The molecule has 1 aromatic heterocycles. The Labute approximate surface area is 121 Å². The number of phenolic OH excluding ortho intramolecular Hbond substituents is 1. The van der Waals surface area contributed by atoms with Crippen LogP contribution in [0.25, 0.3) is 0 Å². The fourth-order valence-corrected chi connectivity index (χ4v) is 1.99. The fraction of sp³-hybridized carbons (Fsp3) is 0.214. The van der Waals surface area contributed by atoms with Crippen LogP contribution in [0.5, 0.6) is 5.75 Å². The number of aromatic hydroxyl groups is 1. The number of nitrogens with zero attached hydrogens (tertiary/aromatic N) is 2. The van der Waals surface area contributed by atoms with Gasteiger partial charge in [0.25, 0.3) is 11.6 Å². The summed E-state index contributed by atoms with van der Waals surface area (Å²) in [7, 11) is 1.57. The fourth-order valence-electron chi connectivity index (χ4n) is 1.99. The van der Waals surface area contributed by atoms with E-state index in [0.29, 0.717) is 16.8 Å². The molecule has 0 saturated carbocycles. The molecule has 7 heteroatoms. The Kier molecular flexibility index (Phi) is 3.66. The van der Waals surface area contributed by atoms with E-state index >= 15 is 0 Å². The van der Waals surface area contributed by atoms with Crippen molar-refractivity contribution in [2.24, 2.45) is 7.05 Å². The van der Waals surface area contributed by atoms with E-state index in [0.717, 1.165) is 0 Å². The number of carbonyl (C=O) groups is 1. The molecule has 0 saturated heterocycles. The van der Waals surface area contributed by atoms with Gasteiger partial charge in [-0.2, -0.15) is 0 Å². The van der Waals surface area contributed by atoms with Gasteiger partial charge in [-0.05, 0) is 37.1 Å². The number of benzene rings is 1. The maximum absolute atomic E-state index is 12.2. The highest BCUT2D eigenvalue weighted by atomic mass is 16.6. The molecule has 0 spiro atoms. The van der Waals surface area contributed by atoms with Gasteiger partial charge < -0.3 is 15.0 Å². The Hall–Kier alpha value is -2.83. The molecule has 0 aliphatic carbocycles. The number of carbonyl (C=O) groups excluding carboxylic acids is 1. The molecule has 0 radical (unpaired) electrons. The van der Waals surface area contributed by atoms with Crippen LogP contribution in [0, 0.1) is 24.0 Å². The van der Waals surface area contributed by atoms with Crippen molar-refractivity contribution in [3.8, 4) is 5.75 Å². The van der Waals surface area contributed by atoms with E-state index in [-0.39, 0.29) is 17.1 Å². The Morgan fingerprint density at radius 2 is 1.95 bits per heavy atom. The molecule has 1 aromatic carbocycles. The Morgan fingerprint density at radius 1 is 1.29 bits per heavy atom. The first-order chi connectivity index (χ1) is 9.79. The summed E-state index contributed by atoms with van der Waals surface area (Å²) in [5, 5.41) is 23.0. The van der Waals surface area contributed by atoms with Crippen LogP contribution in [-0.2, 0) is 7.05 Å². The van der Waals surface area contributed by atoms with Gasteiger partial charge in [-0.15, -0.1) is 0 Å². The minimum Gasteiger partial charge on any atom is -0.508 e. The molecule has 2 N–H and O–H groups in total. The molecular formula is C14H15N3O4. The van der Waals surface area contributed by atoms with Crippen LogP contribution >= 0.6 is 0 Å². The molecule has 0 aliphatic heterocycles. The highest BCUT2D eigenvalue weighted by Gasteiger charge is 2.18. The Morgan fingerprint density at radius 3 is 2.52 bits per heavy atom. The molecule has 110 valence electrons. The van der Waals surface area contributed by atoms with Gasteiger partial charge in [-0.25, -0.2) is 0 Å². The summed E-state index contributed by atoms with van der Waals surface area (Å²) in [5.41, 5.74) is 1.94. The normalized spacial score (nSPS) is 10.4. The summed E-state index contributed by atoms with van der Waals surface area (Å²) in [5.74, 6) is -0.293. The lowest BCUT2D eigenvalue weighted by Crippen LogP contribution is -2.16. The first-order valence-corrected chi connectivity index (χ1v) is 6.22. The summed E-state index contributed by atoms with van der Waals surface area (Å²) < 4.78 is 1.40. The monoisotopic (exact) mass is 289 g/mol. The van der Waals surface area contributed by atoms with Crippen molar-refractivity contribution in [2.45, 2.75) is 13.8 Å². The number of nitrogens with one attached hydrogen (secondary N) is 1. The highest BCUT2D eigenvalue weighted by molar-refractivity contribution is 6.04. The third-order valence-corrected chi connectivity index (χ3v) is 3.23. The number of hydrogen-bond acceptors (Lipinski definition) is 4. The number of hydrogen-bond donors (Lipinski definition) is 2. The zero-order valence-electron chi connectivity index (χ0n) is 11.9. The van der Waals surface area contributed by atoms with Crippen LogP contribution in [0.4, 0.5) is 11.4 Å². The lowest BCUT2D eigenvalue weighted by atomic mass is 10.1. The van der Waals surface area contributed by atoms with Crippen LogP contribution in [0.2, 0.25) is 0 Å². The van der Waals surface area contributed by atoms with E-state index in [2.05, 4.69) is 5.32 Å². The number of anilines is 1. The van der Waals surface area contributed by atoms with E-state index in [4.69, 9.17) is 0 Å². The first-order valence-electron chi connectivity index (χ1n) is 6.22. The number of aromatic nitrogens is 1. The lowest BCUT2D eigenvalue weighted by Gasteiger charge is -2.10. The van der Waals surface area contributed by atoms with Crippen LogP contribution < -0.4 is 5.32 Å². The van der Waals surface area contributed by atoms with Gasteiger partial charge in [-0.1, -0.05) is 0 Å². The second kappa shape index (κ2) is 5.28. The number of rotatable bonds is 3. The zero-order chi connectivity index (χ0) is 15.7. The van der Waals surface area contributed by atoms with E-state index in [1.807, 2.05) is 0 Å². The molecule has 21 heavy (non-hydrogen) atoms. The second-order valence-electron chi connectivity index (χ2n) is 4.86. The predicted molar refractivity (Wildman–Crippen MR) is 77.6 cm³/mol. The van der Waals surface area contributed by atoms with Crippen molar-refractivity contribution in [3.05, 3.63) is 51.3 Å². The Bertz CT molecular complexity index is 734. The Balaban J connectivity index is 2.30. The number of phenols is 1. The van der Waals surface area contributed by atoms with Gasteiger partial charge in [-0.3, -0.25) is 14.9 Å². The van der Waals surface area contributed by atoms with Crippen LogP contribution in [0.3, 0.4) is 0 Å². The van der Waals surface area contributed by atoms with Crippen molar-refractivity contribution in [3.63, 3.8) is 0 Å².